The molecule has 29 heavy (non-hydrogen) atoms. The lowest BCUT2D eigenvalue weighted by Crippen LogP contribution is -2.54. The van der Waals surface area contributed by atoms with Crippen molar-refractivity contribution in [3.8, 4) is 0 Å². The van der Waals surface area contributed by atoms with Crippen LogP contribution in [0, 0.1) is 23.2 Å². The third-order valence-corrected chi connectivity index (χ3v) is 8.64. The highest BCUT2D eigenvalue weighted by Gasteiger charge is 2.54. The number of sulfonamides is 1. The van der Waals surface area contributed by atoms with Crippen LogP contribution in [0.2, 0.25) is 0 Å². The highest BCUT2D eigenvalue weighted by atomic mass is 32.2. The van der Waals surface area contributed by atoms with Gasteiger partial charge in [-0.2, -0.15) is 0 Å². The molecule has 4 saturated carbocycles. The number of nitrogens with one attached hydrogen (secondary N) is 2. The van der Waals surface area contributed by atoms with Gasteiger partial charge in [0, 0.05) is 25.2 Å². The SMILES string of the molecule is CN(C)S(=O)(=O)c1cccc(NC(=O)CNC(=O)C23CC4CC(CC(C4)C2)C3)c1. The minimum atomic E-state index is -3.57. The molecule has 0 unspecified atom stereocenters. The van der Waals surface area contributed by atoms with E-state index in [1.54, 1.807) is 12.1 Å². The van der Waals surface area contributed by atoms with Crippen LogP contribution < -0.4 is 10.6 Å². The van der Waals surface area contributed by atoms with Crippen molar-refractivity contribution in [1.82, 2.24) is 9.62 Å². The number of carbonyl (C=O) groups is 2. The van der Waals surface area contributed by atoms with Crippen LogP contribution in [0.3, 0.4) is 0 Å². The molecule has 0 saturated heterocycles. The molecule has 1 aromatic carbocycles. The van der Waals surface area contributed by atoms with Crippen LogP contribution >= 0.6 is 0 Å². The maximum absolute atomic E-state index is 12.9. The Balaban J connectivity index is 1.36. The molecule has 1 aromatic rings. The molecule has 7 nitrogen and oxygen atoms in total. The molecule has 0 atom stereocenters. The molecule has 4 aliphatic rings. The van der Waals surface area contributed by atoms with Gasteiger partial charge in [-0.1, -0.05) is 6.07 Å². The highest BCUT2D eigenvalue weighted by Crippen LogP contribution is 2.60. The number of hydrogen-bond acceptors (Lipinski definition) is 4. The number of amides is 2. The van der Waals surface area contributed by atoms with Crippen molar-refractivity contribution in [3.63, 3.8) is 0 Å². The number of carbonyl (C=O) groups excluding carboxylic acids is 2. The molecule has 0 radical (unpaired) electrons. The van der Waals surface area contributed by atoms with E-state index in [9.17, 15) is 18.0 Å². The summed E-state index contributed by atoms with van der Waals surface area (Å²) in [5.74, 6) is 1.66. The third-order valence-electron chi connectivity index (χ3n) is 6.83. The molecule has 158 valence electrons. The van der Waals surface area contributed by atoms with Gasteiger partial charge in [-0.05, 0) is 74.5 Å². The molecule has 2 N–H and O–H groups in total. The van der Waals surface area contributed by atoms with Gasteiger partial charge >= 0.3 is 0 Å². The van der Waals surface area contributed by atoms with Gasteiger partial charge in [0.05, 0.1) is 11.4 Å². The van der Waals surface area contributed by atoms with Gasteiger partial charge in [-0.15, -0.1) is 0 Å². The van der Waals surface area contributed by atoms with Crippen molar-refractivity contribution < 1.29 is 18.0 Å². The first-order valence-electron chi connectivity index (χ1n) is 10.3. The summed E-state index contributed by atoms with van der Waals surface area (Å²) in [4.78, 5) is 25.4. The Labute approximate surface area is 172 Å². The summed E-state index contributed by atoms with van der Waals surface area (Å²) in [5, 5.41) is 5.53. The monoisotopic (exact) mass is 419 g/mol. The average molecular weight is 420 g/mol. The molecular weight excluding hydrogens is 390 g/mol. The van der Waals surface area contributed by atoms with E-state index in [2.05, 4.69) is 10.6 Å². The number of rotatable bonds is 6. The van der Waals surface area contributed by atoms with E-state index in [0.717, 1.165) is 23.6 Å². The van der Waals surface area contributed by atoms with Gasteiger partial charge in [-0.3, -0.25) is 9.59 Å². The Kier molecular flexibility index (Phi) is 5.19. The molecule has 0 aromatic heterocycles. The van der Waals surface area contributed by atoms with Gasteiger partial charge in [-0.25, -0.2) is 12.7 Å². The molecule has 4 bridgehead atoms. The molecule has 0 spiro atoms. The summed E-state index contributed by atoms with van der Waals surface area (Å²) < 4.78 is 25.6. The smallest absolute Gasteiger partial charge is 0.243 e. The molecule has 2 amide bonds. The van der Waals surface area contributed by atoms with Crippen molar-refractivity contribution in [2.45, 2.75) is 43.4 Å². The Hall–Kier alpha value is -1.93. The Morgan fingerprint density at radius 3 is 2.21 bits per heavy atom. The van der Waals surface area contributed by atoms with Crippen LogP contribution in [0.25, 0.3) is 0 Å². The van der Waals surface area contributed by atoms with Crippen LogP contribution in [-0.4, -0.2) is 45.2 Å². The molecule has 4 fully saturated rings. The first kappa shape index (κ1) is 20.3. The Morgan fingerprint density at radius 1 is 1.07 bits per heavy atom. The molecule has 0 heterocycles. The molecule has 8 heteroatoms. The maximum Gasteiger partial charge on any atom is 0.243 e. The van der Waals surface area contributed by atoms with Gasteiger partial charge in [0.25, 0.3) is 0 Å². The van der Waals surface area contributed by atoms with Crippen LogP contribution in [0.1, 0.15) is 38.5 Å². The zero-order valence-corrected chi connectivity index (χ0v) is 17.8. The maximum atomic E-state index is 12.9. The van der Waals surface area contributed by atoms with Crippen molar-refractivity contribution in [2.24, 2.45) is 23.2 Å². The van der Waals surface area contributed by atoms with Gasteiger partial charge in [0.2, 0.25) is 21.8 Å². The van der Waals surface area contributed by atoms with E-state index in [4.69, 9.17) is 0 Å². The molecule has 5 rings (SSSR count). The normalized spacial score (nSPS) is 30.4. The third kappa shape index (κ3) is 3.92. The van der Waals surface area contributed by atoms with Gasteiger partial charge in [0.1, 0.15) is 0 Å². The number of nitrogens with zero attached hydrogens (tertiary/aromatic N) is 1. The Bertz CT molecular complexity index is 890. The summed E-state index contributed by atoms with van der Waals surface area (Å²) in [5.41, 5.74) is 0.108. The lowest BCUT2D eigenvalue weighted by Gasteiger charge is -2.55. The van der Waals surface area contributed by atoms with Crippen LogP contribution in [0.15, 0.2) is 29.2 Å². The summed E-state index contributed by atoms with van der Waals surface area (Å²) in [6.07, 6.45) is 6.66. The quantitative estimate of drug-likeness (QED) is 0.739. The summed E-state index contributed by atoms with van der Waals surface area (Å²) in [6, 6.07) is 6.13. The zero-order valence-electron chi connectivity index (χ0n) is 17.0. The first-order valence-corrected chi connectivity index (χ1v) is 11.7. The zero-order chi connectivity index (χ0) is 20.8. The van der Waals surface area contributed by atoms with E-state index in [1.807, 2.05) is 0 Å². The van der Waals surface area contributed by atoms with Crippen molar-refractivity contribution in [3.05, 3.63) is 24.3 Å². The van der Waals surface area contributed by atoms with E-state index in [-0.39, 0.29) is 28.7 Å². The van der Waals surface area contributed by atoms with Crippen molar-refractivity contribution >= 4 is 27.5 Å². The number of hydrogen-bond donors (Lipinski definition) is 2. The fourth-order valence-corrected chi connectivity index (χ4v) is 6.84. The first-order chi connectivity index (χ1) is 13.7. The summed E-state index contributed by atoms with van der Waals surface area (Å²) in [6.45, 7) is -0.106. The van der Waals surface area contributed by atoms with Crippen LogP contribution in [-0.2, 0) is 19.6 Å². The second-order valence-corrected chi connectivity index (χ2v) is 11.4. The van der Waals surface area contributed by atoms with Crippen molar-refractivity contribution in [1.29, 1.82) is 0 Å². The average Bonchev–Trinajstić information content (AvgIpc) is 2.65. The number of benzene rings is 1. The largest absolute Gasteiger partial charge is 0.347 e. The highest BCUT2D eigenvalue weighted by molar-refractivity contribution is 7.89. The van der Waals surface area contributed by atoms with E-state index in [0.29, 0.717) is 23.4 Å². The van der Waals surface area contributed by atoms with Gasteiger partial charge in [0.15, 0.2) is 0 Å². The minimum absolute atomic E-state index is 0.00989. The van der Waals surface area contributed by atoms with E-state index < -0.39 is 10.0 Å². The fourth-order valence-electron chi connectivity index (χ4n) is 5.89. The van der Waals surface area contributed by atoms with Crippen LogP contribution in [0.5, 0.6) is 0 Å². The lowest BCUT2D eigenvalue weighted by molar-refractivity contribution is -0.146. The topological polar surface area (TPSA) is 95.6 Å². The van der Waals surface area contributed by atoms with E-state index >= 15 is 0 Å². The Morgan fingerprint density at radius 2 is 1.66 bits per heavy atom. The van der Waals surface area contributed by atoms with Crippen LogP contribution in [0.4, 0.5) is 5.69 Å². The number of anilines is 1. The fraction of sp³-hybridized carbons (Fsp3) is 0.619. The lowest BCUT2D eigenvalue weighted by atomic mass is 9.49. The van der Waals surface area contributed by atoms with Gasteiger partial charge < -0.3 is 10.6 Å². The van der Waals surface area contributed by atoms with Crippen molar-refractivity contribution in [2.75, 3.05) is 26.0 Å². The second-order valence-electron chi connectivity index (χ2n) is 9.24. The summed E-state index contributed by atoms with van der Waals surface area (Å²) >= 11 is 0. The molecule has 0 aliphatic heterocycles. The van der Waals surface area contributed by atoms with E-state index in [1.165, 1.54) is 45.5 Å². The minimum Gasteiger partial charge on any atom is -0.347 e. The molecular formula is C21H29N3O4S. The molecule has 4 aliphatic carbocycles. The summed E-state index contributed by atoms with van der Waals surface area (Å²) in [7, 11) is -0.657. The second kappa shape index (κ2) is 7.40. The predicted molar refractivity (Wildman–Crippen MR) is 110 cm³/mol. The predicted octanol–water partition coefficient (Wildman–Crippen LogP) is 2.21. The standard InChI is InChI=1S/C21H29N3O4S/c1-24(2)29(27,28)18-5-3-4-17(9-18)23-19(25)13-22-20(26)21-10-14-6-15(11-21)8-16(7-14)12-21/h3-5,9,14-16H,6-8,10-13H2,1-2H3,(H,22,26)(H,23,25).